The summed E-state index contributed by atoms with van der Waals surface area (Å²) in [5, 5.41) is 0.332. The second-order valence-corrected chi connectivity index (χ2v) is 7.89. The minimum Gasteiger partial charge on any atom is -0.434 e. The Balaban J connectivity index is 3.06. The third-order valence-corrected chi connectivity index (χ3v) is 5.90. The van der Waals surface area contributed by atoms with Gasteiger partial charge in [-0.2, -0.15) is 8.78 Å². The maximum absolute atomic E-state index is 12.5. The van der Waals surface area contributed by atoms with Gasteiger partial charge in [0.05, 0.1) is 11.1 Å². The number of halogens is 3. The standard InChI is InChI=1S/C13H20ClF2NO2Si/c1-3-20(4-2)19-11(8-17)12-9(14)6-5-7-10(12)18-13(15)16/h5-7,11,13,20H,3-4,8,17H2,1-2H3. The van der Waals surface area contributed by atoms with E-state index >= 15 is 0 Å². The van der Waals surface area contributed by atoms with Gasteiger partial charge in [0.2, 0.25) is 0 Å². The maximum atomic E-state index is 12.5. The molecule has 0 heterocycles. The van der Waals surface area contributed by atoms with Gasteiger partial charge in [0.25, 0.3) is 0 Å². The van der Waals surface area contributed by atoms with Gasteiger partial charge in [-0.3, -0.25) is 0 Å². The number of alkyl halides is 2. The molecule has 1 aromatic carbocycles. The average Bonchev–Trinajstić information content (AvgIpc) is 2.41. The summed E-state index contributed by atoms with van der Waals surface area (Å²) in [6.07, 6.45) is -0.506. The summed E-state index contributed by atoms with van der Waals surface area (Å²) in [5.41, 5.74) is 6.14. The number of hydrogen-bond donors (Lipinski definition) is 1. The van der Waals surface area contributed by atoms with Crippen LogP contribution in [0, 0.1) is 0 Å². The van der Waals surface area contributed by atoms with Crippen LogP contribution in [0.15, 0.2) is 18.2 Å². The van der Waals surface area contributed by atoms with E-state index in [9.17, 15) is 8.78 Å². The molecule has 0 aliphatic carbocycles. The van der Waals surface area contributed by atoms with Gasteiger partial charge in [0.15, 0.2) is 9.04 Å². The molecule has 0 amide bonds. The topological polar surface area (TPSA) is 44.5 Å². The van der Waals surface area contributed by atoms with Crippen molar-refractivity contribution >= 4 is 20.6 Å². The van der Waals surface area contributed by atoms with Crippen LogP contribution in [0.4, 0.5) is 8.78 Å². The van der Waals surface area contributed by atoms with E-state index in [1.54, 1.807) is 12.1 Å². The van der Waals surface area contributed by atoms with Gasteiger partial charge in [0.1, 0.15) is 5.75 Å². The predicted molar refractivity (Wildman–Crippen MR) is 79.1 cm³/mol. The van der Waals surface area contributed by atoms with Gasteiger partial charge in [-0.1, -0.05) is 31.5 Å². The molecule has 3 nitrogen and oxygen atoms in total. The monoisotopic (exact) mass is 323 g/mol. The fourth-order valence-corrected chi connectivity index (χ4v) is 3.94. The van der Waals surface area contributed by atoms with Gasteiger partial charge in [0, 0.05) is 12.1 Å². The van der Waals surface area contributed by atoms with E-state index in [2.05, 4.69) is 18.6 Å². The average molecular weight is 324 g/mol. The summed E-state index contributed by atoms with van der Waals surface area (Å²) in [7, 11) is -1.40. The number of ether oxygens (including phenoxy) is 1. The summed E-state index contributed by atoms with van der Waals surface area (Å²) in [4.78, 5) is 0. The first-order chi connectivity index (χ1) is 9.53. The molecule has 0 aromatic heterocycles. The zero-order valence-corrected chi connectivity index (χ0v) is 13.5. The van der Waals surface area contributed by atoms with Crippen molar-refractivity contribution in [2.45, 2.75) is 38.7 Å². The van der Waals surface area contributed by atoms with Crippen molar-refractivity contribution in [2.75, 3.05) is 6.54 Å². The van der Waals surface area contributed by atoms with Crippen molar-refractivity contribution in [3.8, 4) is 5.75 Å². The molecule has 20 heavy (non-hydrogen) atoms. The SMILES string of the molecule is CC[SiH](CC)OC(CN)c1c(Cl)cccc1OC(F)F. The van der Waals surface area contributed by atoms with Crippen LogP contribution in [0.3, 0.4) is 0 Å². The minimum atomic E-state index is -2.91. The first-order valence-corrected chi connectivity index (χ1v) is 9.10. The van der Waals surface area contributed by atoms with E-state index in [0.717, 1.165) is 12.1 Å². The second-order valence-electron chi connectivity index (χ2n) is 4.33. The van der Waals surface area contributed by atoms with E-state index < -0.39 is 21.8 Å². The lowest BCUT2D eigenvalue weighted by Gasteiger charge is -2.24. The van der Waals surface area contributed by atoms with Crippen molar-refractivity contribution in [1.29, 1.82) is 0 Å². The van der Waals surface area contributed by atoms with Crippen molar-refractivity contribution < 1.29 is 17.9 Å². The van der Waals surface area contributed by atoms with Crippen molar-refractivity contribution in [3.05, 3.63) is 28.8 Å². The summed E-state index contributed by atoms with van der Waals surface area (Å²) in [6, 6.07) is 6.53. The van der Waals surface area contributed by atoms with Crippen molar-refractivity contribution in [3.63, 3.8) is 0 Å². The molecule has 0 aliphatic rings. The first kappa shape index (κ1) is 17.4. The highest BCUT2D eigenvalue weighted by molar-refractivity contribution is 6.51. The van der Waals surface area contributed by atoms with Gasteiger partial charge in [-0.05, 0) is 24.2 Å². The van der Waals surface area contributed by atoms with Crippen LogP contribution >= 0.6 is 11.6 Å². The van der Waals surface area contributed by atoms with Crippen LogP contribution in [0.2, 0.25) is 17.1 Å². The Labute approximate surface area is 124 Å². The van der Waals surface area contributed by atoms with E-state index in [1.807, 2.05) is 0 Å². The summed E-state index contributed by atoms with van der Waals surface area (Å²) in [5.74, 6) is 0.0305. The fourth-order valence-electron chi connectivity index (χ4n) is 1.98. The summed E-state index contributed by atoms with van der Waals surface area (Å²) in [6.45, 7) is 1.37. The molecule has 0 radical (unpaired) electrons. The Morgan fingerprint density at radius 1 is 1.30 bits per heavy atom. The molecular weight excluding hydrogens is 304 g/mol. The van der Waals surface area contributed by atoms with Gasteiger partial charge < -0.3 is 14.9 Å². The van der Waals surface area contributed by atoms with Crippen molar-refractivity contribution in [2.24, 2.45) is 5.73 Å². The molecule has 1 aromatic rings. The highest BCUT2D eigenvalue weighted by atomic mass is 35.5. The van der Waals surface area contributed by atoms with Gasteiger partial charge in [-0.15, -0.1) is 0 Å². The highest BCUT2D eigenvalue weighted by Gasteiger charge is 2.23. The minimum absolute atomic E-state index is 0.0305. The Morgan fingerprint density at radius 3 is 2.45 bits per heavy atom. The third-order valence-electron chi connectivity index (χ3n) is 3.03. The second kappa shape index (κ2) is 8.56. The summed E-state index contributed by atoms with van der Waals surface area (Å²) >= 11 is 6.11. The molecule has 0 bridgehead atoms. The normalized spacial score (nSPS) is 13.0. The number of nitrogens with two attached hydrogens (primary N) is 1. The van der Waals surface area contributed by atoms with Gasteiger partial charge >= 0.3 is 6.61 Å². The highest BCUT2D eigenvalue weighted by Crippen LogP contribution is 2.35. The summed E-state index contributed by atoms with van der Waals surface area (Å²) < 4.78 is 35.4. The zero-order valence-electron chi connectivity index (χ0n) is 11.6. The molecule has 0 aliphatic heterocycles. The van der Waals surface area contributed by atoms with Crippen molar-refractivity contribution in [1.82, 2.24) is 0 Å². The number of benzene rings is 1. The quantitative estimate of drug-likeness (QED) is 0.741. The molecule has 0 fully saturated rings. The van der Waals surface area contributed by atoms with E-state index in [4.69, 9.17) is 21.8 Å². The Hall–Kier alpha value is -0.693. The first-order valence-electron chi connectivity index (χ1n) is 6.62. The van der Waals surface area contributed by atoms with Crippen LogP contribution in [-0.4, -0.2) is 22.2 Å². The van der Waals surface area contributed by atoms with Crippen LogP contribution in [0.1, 0.15) is 25.5 Å². The lowest BCUT2D eigenvalue weighted by molar-refractivity contribution is -0.0513. The van der Waals surface area contributed by atoms with Crippen LogP contribution in [0.25, 0.3) is 0 Å². The Morgan fingerprint density at radius 2 is 1.95 bits per heavy atom. The largest absolute Gasteiger partial charge is 0.434 e. The number of rotatable bonds is 8. The van der Waals surface area contributed by atoms with E-state index in [0.29, 0.717) is 10.6 Å². The molecule has 2 N–H and O–H groups in total. The fraction of sp³-hybridized carbons (Fsp3) is 0.538. The smallest absolute Gasteiger partial charge is 0.387 e. The predicted octanol–water partition coefficient (Wildman–Crippen LogP) is 3.72. The van der Waals surface area contributed by atoms with Gasteiger partial charge in [-0.25, -0.2) is 0 Å². The molecule has 1 unspecified atom stereocenters. The molecule has 7 heteroatoms. The third kappa shape index (κ3) is 4.70. The molecular formula is C13H20ClF2NO2Si. The molecule has 1 rings (SSSR count). The Kier molecular flexibility index (Phi) is 7.43. The lowest BCUT2D eigenvalue weighted by Crippen LogP contribution is -2.25. The van der Waals surface area contributed by atoms with Crippen LogP contribution < -0.4 is 10.5 Å². The molecule has 0 spiro atoms. The molecule has 1 atom stereocenters. The molecule has 114 valence electrons. The molecule has 0 saturated heterocycles. The van der Waals surface area contributed by atoms with Crippen LogP contribution in [-0.2, 0) is 4.43 Å². The lowest BCUT2D eigenvalue weighted by atomic mass is 10.1. The van der Waals surface area contributed by atoms with E-state index in [-0.39, 0.29) is 12.3 Å². The Bertz CT molecular complexity index is 419. The van der Waals surface area contributed by atoms with Crippen LogP contribution in [0.5, 0.6) is 5.75 Å². The number of hydrogen-bond acceptors (Lipinski definition) is 3. The van der Waals surface area contributed by atoms with E-state index in [1.165, 1.54) is 6.07 Å². The molecule has 0 saturated carbocycles. The zero-order chi connectivity index (χ0) is 15.1. The maximum Gasteiger partial charge on any atom is 0.387 e.